The molecule has 1 unspecified atom stereocenters. The fraction of sp³-hybridized carbons (Fsp3) is 0.385. The number of benzene rings is 1. The van der Waals surface area contributed by atoms with E-state index in [4.69, 9.17) is 9.47 Å². The van der Waals surface area contributed by atoms with Gasteiger partial charge in [-0.1, -0.05) is 11.3 Å². The maximum Gasteiger partial charge on any atom is 0.231 e. The molecule has 8 heteroatoms. The van der Waals surface area contributed by atoms with Crippen molar-refractivity contribution in [2.75, 3.05) is 6.79 Å². The quantitative estimate of drug-likeness (QED) is 0.841. The lowest BCUT2D eigenvalue weighted by Crippen LogP contribution is -2.27. The van der Waals surface area contributed by atoms with Gasteiger partial charge in [-0.05, 0) is 31.0 Å². The molecule has 1 aromatic heterocycles. The van der Waals surface area contributed by atoms with Crippen LogP contribution in [0, 0.1) is 0 Å². The van der Waals surface area contributed by atoms with Crippen molar-refractivity contribution >= 4 is 5.91 Å². The number of aromatic nitrogens is 4. The third kappa shape index (κ3) is 3.10. The van der Waals surface area contributed by atoms with E-state index >= 15 is 0 Å². The van der Waals surface area contributed by atoms with Crippen LogP contribution in [0.15, 0.2) is 18.2 Å². The van der Waals surface area contributed by atoms with E-state index < -0.39 is 0 Å². The highest BCUT2D eigenvalue weighted by molar-refractivity contribution is 5.76. The lowest BCUT2D eigenvalue weighted by atomic mass is 10.1. The molecule has 0 bridgehead atoms. The molecule has 2 N–H and O–H groups in total. The van der Waals surface area contributed by atoms with Crippen LogP contribution in [0.3, 0.4) is 0 Å². The van der Waals surface area contributed by atoms with Crippen LogP contribution in [0.1, 0.15) is 30.8 Å². The summed E-state index contributed by atoms with van der Waals surface area (Å²) in [5, 5.41) is 16.3. The van der Waals surface area contributed by atoms with Crippen molar-refractivity contribution in [1.29, 1.82) is 0 Å². The number of carbonyl (C=O) groups is 1. The van der Waals surface area contributed by atoms with Crippen molar-refractivity contribution in [2.24, 2.45) is 0 Å². The van der Waals surface area contributed by atoms with Crippen LogP contribution in [0.5, 0.6) is 11.5 Å². The molecule has 1 aliphatic rings. The van der Waals surface area contributed by atoms with Crippen molar-refractivity contribution in [3.8, 4) is 11.5 Å². The number of tetrazole rings is 1. The summed E-state index contributed by atoms with van der Waals surface area (Å²) in [7, 11) is 0. The minimum Gasteiger partial charge on any atom is -0.454 e. The summed E-state index contributed by atoms with van der Waals surface area (Å²) < 4.78 is 10.6. The number of amides is 1. The van der Waals surface area contributed by atoms with Crippen molar-refractivity contribution in [3.63, 3.8) is 0 Å². The first-order valence-electron chi connectivity index (χ1n) is 6.63. The first-order chi connectivity index (χ1) is 10.2. The second-order valence-electron chi connectivity index (χ2n) is 4.75. The number of aryl methyl sites for hydroxylation is 1. The molecule has 1 amide bonds. The van der Waals surface area contributed by atoms with Crippen LogP contribution in [0.25, 0.3) is 0 Å². The van der Waals surface area contributed by atoms with Gasteiger partial charge in [0.15, 0.2) is 17.3 Å². The number of carbonyl (C=O) groups excluding carboxylic acids is 1. The van der Waals surface area contributed by atoms with Gasteiger partial charge < -0.3 is 14.8 Å². The Morgan fingerprint density at radius 1 is 1.43 bits per heavy atom. The van der Waals surface area contributed by atoms with Crippen molar-refractivity contribution < 1.29 is 14.3 Å². The Morgan fingerprint density at radius 3 is 3.10 bits per heavy atom. The van der Waals surface area contributed by atoms with E-state index in [9.17, 15) is 4.79 Å². The average molecular weight is 289 g/mol. The zero-order valence-electron chi connectivity index (χ0n) is 11.5. The van der Waals surface area contributed by atoms with E-state index in [0.717, 1.165) is 17.1 Å². The van der Waals surface area contributed by atoms with Gasteiger partial charge in [0.2, 0.25) is 12.7 Å². The Labute approximate surface area is 120 Å². The van der Waals surface area contributed by atoms with Gasteiger partial charge in [-0.3, -0.25) is 4.79 Å². The van der Waals surface area contributed by atoms with E-state index in [1.807, 2.05) is 25.1 Å². The number of hydrogen-bond acceptors (Lipinski definition) is 6. The first kappa shape index (κ1) is 13.3. The third-order valence-electron chi connectivity index (χ3n) is 3.20. The molecule has 2 aromatic rings. The fourth-order valence-electron chi connectivity index (χ4n) is 2.09. The molecule has 3 rings (SSSR count). The molecule has 1 aliphatic heterocycles. The van der Waals surface area contributed by atoms with E-state index in [1.165, 1.54) is 0 Å². The van der Waals surface area contributed by atoms with E-state index in [0.29, 0.717) is 18.7 Å². The summed E-state index contributed by atoms with van der Waals surface area (Å²) >= 11 is 0. The molecule has 0 spiro atoms. The lowest BCUT2D eigenvalue weighted by molar-refractivity contribution is -0.121. The Balaban J connectivity index is 1.52. The monoisotopic (exact) mass is 289 g/mol. The second-order valence-corrected chi connectivity index (χ2v) is 4.75. The minimum atomic E-state index is -0.270. The van der Waals surface area contributed by atoms with Gasteiger partial charge in [0.25, 0.3) is 0 Å². The van der Waals surface area contributed by atoms with Gasteiger partial charge in [-0.2, -0.15) is 5.21 Å². The molecule has 0 aliphatic carbocycles. The average Bonchev–Trinajstić information content (AvgIpc) is 3.15. The molecule has 0 radical (unpaired) electrons. The summed E-state index contributed by atoms with van der Waals surface area (Å²) in [5.41, 5.74) is 1.03. The van der Waals surface area contributed by atoms with Gasteiger partial charge in [-0.25, -0.2) is 0 Å². The summed E-state index contributed by atoms with van der Waals surface area (Å²) in [5.74, 6) is 1.87. The normalized spacial score (nSPS) is 14.0. The SMILES string of the molecule is CC(NC(=O)CCc1ccc2c(c1)OCO2)c1nn[nH]n1. The number of hydrogen-bond donors (Lipinski definition) is 2. The second kappa shape index (κ2) is 5.78. The number of fused-ring (bicyclic) bond motifs is 1. The largest absolute Gasteiger partial charge is 0.454 e. The predicted molar refractivity (Wildman–Crippen MR) is 71.6 cm³/mol. The number of ether oxygens (including phenoxy) is 2. The van der Waals surface area contributed by atoms with Gasteiger partial charge in [0.05, 0.1) is 6.04 Å². The van der Waals surface area contributed by atoms with Crippen LogP contribution < -0.4 is 14.8 Å². The Hall–Kier alpha value is -2.64. The highest BCUT2D eigenvalue weighted by Gasteiger charge is 2.15. The van der Waals surface area contributed by atoms with Crippen molar-refractivity contribution in [2.45, 2.75) is 25.8 Å². The van der Waals surface area contributed by atoms with Gasteiger partial charge in [-0.15, -0.1) is 10.2 Å². The number of aromatic amines is 1. The molecule has 0 saturated carbocycles. The van der Waals surface area contributed by atoms with Crippen LogP contribution >= 0.6 is 0 Å². The fourth-order valence-corrected chi connectivity index (χ4v) is 2.09. The molecule has 8 nitrogen and oxygen atoms in total. The van der Waals surface area contributed by atoms with Crippen molar-refractivity contribution in [3.05, 3.63) is 29.6 Å². The van der Waals surface area contributed by atoms with Gasteiger partial charge >= 0.3 is 0 Å². The molecular formula is C13H15N5O3. The summed E-state index contributed by atoms with van der Waals surface area (Å²) in [6.45, 7) is 2.06. The molecule has 110 valence electrons. The molecule has 1 atom stereocenters. The number of nitrogens with zero attached hydrogens (tertiary/aromatic N) is 3. The Kier molecular flexibility index (Phi) is 3.67. The highest BCUT2D eigenvalue weighted by atomic mass is 16.7. The van der Waals surface area contributed by atoms with Crippen molar-refractivity contribution in [1.82, 2.24) is 25.9 Å². The first-order valence-corrected chi connectivity index (χ1v) is 6.63. The molecule has 21 heavy (non-hydrogen) atoms. The molecule has 1 aromatic carbocycles. The standard InChI is InChI=1S/C13H15N5O3/c1-8(13-15-17-18-16-13)14-12(19)5-3-9-2-4-10-11(6-9)21-7-20-10/h2,4,6,8H,3,5,7H2,1H3,(H,14,19)(H,15,16,17,18). The van der Waals surface area contributed by atoms with Gasteiger partial charge in [0, 0.05) is 6.42 Å². The number of nitrogens with one attached hydrogen (secondary N) is 2. The summed E-state index contributed by atoms with van der Waals surface area (Å²) in [6, 6.07) is 5.42. The lowest BCUT2D eigenvalue weighted by Gasteiger charge is -2.10. The maximum atomic E-state index is 11.9. The Morgan fingerprint density at radius 2 is 2.29 bits per heavy atom. The maximum absolute atomic E-state index is 11.9. The zero-order chi connectivity index (χ0) is 14.7. The molecular weight excluding hydrogens is 274 g/mol. The molecule has 0 fully saturated rings. The molecule has 2 heterocycles. The van der Waals surface area contributed by atoms with E-state index in [-0.39, 0.29) is 18.7 Å². The van der Waals surface area contributed by atoms with Crippen LogP contribution in [0.2, 0.25) is 0 Å². The molecule has 0 saturated heterocycles. The highest BCUT2D eigenvalue weighted by Crippen LogP contribution is 2.32. The third-order valence-corrected chi connectivity index (χ3v) is 3.20. The van der Waals surface area contributed by atoms with Gasteiger partial charge in [0.1, 0.15) is 0 Å². The van der Waals surface area contributed by atoms with Crippen LogP contribution in [-0.4, -0.2) is 33.3 Å². The summed E-state index contributed by atoms with van der Waals surface area (Å²) in [4.78, 5) is 11.9. The summed E-state index contributed by atoms with van der Waals surface area (Å²) in [6.07, 6.45) is 1.00. The Bertz CT molecular complexity index is 629. The van der Waals surface area contributed by atoms with E-state index in [1.54, 1.807) is 0 Å². The predicted octanol–water partition coefficient (Wildman–Crippen LogP) is 0.738. The minimum absolute atomic E-state index is 0.0648. The smallest absolute Gasteiger partial charge is 0.231 e. The number of H-pyrrole nitrogens is 1. The van der Waals surface area contributed by atoms with Crippen LogP contribution in [-0.2, 0) is 11.2 Å². The van der Waals surface area contributed by atoms with E-state index in [2.05, 4.69) is 25.9 Å². The van der Waals surface area contributed by atoms with Crippen LogP contribution in [0.4, 0.5) is 0 Å². The zero-order valence-corrected chi connectivity index (χ0v) is 11.5. The topological polar surface area (TPSA) is 102 Å². The number of rotatable bonds is 5.